The molecule has 2 heterocycles. The Morgan fingerprint density at radius 2 is 1.85 bits per heavy atom. The highest BCUT2D eigenvalue weighted by Gasteiger charge is 2.12. The summed E-state index contributed by atoms with van der Waals surface area (Å²) in [5.41, 5.74) is 1.87. The molecular weight excluding hydrogens is 348 g/mol. The SMILES string of the molecule is Cc1noc(C)c1CCNC(=O)CCn1c(=O)c(=O)n(C)c2ccccc21. The van der Waals surface area contributed by atoms with Crippen LogP contribution in [0.4, 0.5) is 0 Å². The normalized spacial score (nSPS) is 11.1. The van der Waals surface area contributed by atoms with Crippen molar-refractivity contribution in [3.05, 3.63) is 62.0 Å². The van der Waals surface area contributed by atoms with E-state index in [1.54, 1.807) is 31.3 Å². The van der Waals surface area contributed by atoms with Crippen LogP contribution in [-0.2, 0) is 24.8 Å². The van der Waals surface area contributed by atoms with Crippen LogP contribution in [0.25, 0.3) is 11.0 Å². The number of nitrogens with one attached hydrogen (secondary N) is 1. The summed E-state index contributed by atoms with van der Waals surface area (Å²) in [5, 5.41) is 6.72. The molecule has 0 aliphatic carbocycles. The van der Waals surface area contributed by atoms with Gasteiger partial charge in [-0.25, -0.2) is 0 Å². The fourth-order valence-electron chi connectivity index (χ4n) is 3.16. The zero-order chi connectivity index (χ0) is 19.6. The highest BCUT2D eigenvalue weighted by molar-refractivity contribution is 5.77. The van der Waals surface area contributed by atoms with Crippen molar-refractivity contribution in [1.82, 2.24) is 19.6 Å². The second-order valence-corrected chi connectivity index (χ2v) is 6.46. The van der Waals surface area contributed by atoms with E-state index in [1.807, 2.05) is 13.8 Å². The van der Waals surface area contributed by atoms with Crippen LogP contribution >= 0.6 is 0 Å². The van der Waals surface area contributed by atoms with Crippen molar-refractivity contribution in [2.45, 2.75) is 33.2 Å². The fraction of sp³-hybridized carbons (Fsp3) is 0.368. The molecule has 0 saturated carbocycles. The van der Waals surface area contributed by atoms with Crippen LogP contribution in [0.15, 0.2) is 38.4 Å². The average Bonchev–Trinajstić information content (AvgIpc) is 2.98. The quantitative estimate of drug-likeness (QED) is 0.654. The molecule has 8 heteroatoms. The van der Waals surface area contributed by atoms with E-state index in [4.69, 9.17) is 4.52 Å². The third-order valence-corrected chi connectivity index (χ3v) is 4.71. The lowest BCUT2D eigenvalue weighted by Crippen LogP contribution is -2.41. The predicted molar refractivity (Wildman–Crippen MR) is 101 cm³/mol. The Kier molecular flexibility index (Phi) is 5.25. The van der Waals surface area contributed by atoms with Gasteiger partial charge in [-0.2, -0.15) is 0 Å². The molecule has 0 aliphatic heterocycles. The van der Waals surface area contributed by atoms with Crippen LogP contribution in [0.2, 0.25) is 0 Å². The molecular formula is C19H22N4O4. The number of aromatic nitrogens is 3. The average molecular weight is 370 g/mol. The van der Waals surface area contributed by atoms with Crippen LogP contribution < -0.4 is 16.4 Å². The number of nitrogens with zero attached hydrogens (tertiary/aromatic N) is 3. The van der Waals surface area contributed by atoms with Crippen molar-refractivity contribution in [2.24, 2.45) is 7.05 Å². The summed E-state index contributed by atoms with van der Waals surface area (Å²) >= 11 is 0. The van der Waals surface area contributed by atoms with E-state index < -0.39 is 11.1 Å². The Morgan fingerprint density at radius 3 is 2.52 bits per heavy atom. The van der Waals surface area contributed by atoms with E-state index in [9.17, 15) is 14.4 Å². The van der Waals surface area contributed by atoms with E-state index in [-0.39, 0.29) is 18.9 Å². The first-order chi connectivity index (χ1) is 12.9. The van der Waals surface area contributed by atoms with Gasteiger partial charge in [0.05, 0.1) is 16.7 Å². The smallest absolute Gasteiger partial charge is 0.316 e. The molecule has 0 spiro atoms. The lowest BCUT2D eigenvalue weighted by Gasteiger charge is -2.12. The molecule has 0 fully saturated rings. The second kappa shape index (κ2) is 7.61. The van der Waals surface area contributed by atoms with Gasteiger partial charge in [0.25, 0.3) is 0 Å². The monoisotopic (exact) mass is 370 g/mol. The Bertz CT molecular complexity index is 1090. The van der Waals surface area contributed by atoms with Crippen molar-refractivity contribution in [2.75, 3.05) is 6.54 Å². The van der Waals surface area contributed by atoms with Gasteiger partial charge in [0.2, 0.25) is 5.91 Å². The number of hydrogen-bond donors (Lipinski definition) is 1. The van der Waals surface area contributed by atoms with Crippen molar-refractivity contribution >= 4 is 16.9 Å². The molecule has 0 aliphatic rings. The van der Waals surface area contributed by atoms with Crippen LogP contribution in [0.1, 0.15) is 23.4 Å². The molecule has 142 valence electrons. The number of carbonyl (C=O) groups is 1. The molecule has 1 amide bonds. The molecule has 2 aromatic heterocycles. The number of benzene rings is 1. The van der Waals surface area contributed by atoms with E-state index in [1.165, 1.54) is 9.13 Å². The molecule has 0 unspecified atom stereocenters. The molecule has 3 rings (SSSR count). The maximum atomic E-state index is 12.3. The first-order valence-corrected chi connectivity index (χ1v) is 8.77. The Hall–Kier alpha value is -3.16. The minimum absolute atomic E-state index is 0.110. The number of para-hydroxylation sites is 2. The van der Waals surface area contributed by atoms with Gasteiger partial charge in [-0.15, -0.1) is 0 Å². The summed E-state index contributed by atoms with van der Waals surface area (Å²) in [4.78, 5) is 36.6. The van der Waals surface area contributed by atoms with Crippen molar-refractivity contribution in [3.63, 3.8) is 0 Å². The highest BCUT2D eigenvalue weighted by Crippen LogP contribution is 2.12. The summed E-state index contributed by atoms with van der Waals surface area (Å²) in [5.74, 6) is 0.568. The third kappa shape index (κ3) is 3.69. The largest absolute Gasteiger partial charge is 0.361 e. The predicted octanol–water partition coefficient (Wildman–Crippen LogP) is 1.05. The van der Waals surface area contributed by atoms with Gasteiger partial charge in [-0.1, -0.05) is 17.3 Å². The molecule has 0 atom stereocenters. The highest BCUT2D eigenvalue weighted by atomic mass is 16.5. The maximum Gasteiger partial charge on any atom is 0.316 e. The molecule has 27 heavy (non-hydrogen) atoms. The fourth-order valence-corrected chi connectivity index (χ4v) is 3.16. The lowest BCUT2D eigenvalue weighted by atomic mass is 10.1. The van der Waals surface area contributed by atoms with Crippen LogP contribution in [-0.4, -0.2) is 26.7 Å². The standard InChI is InChI=1S/C19H22N4O4/c1-12-14(13(2)27-21-12)8-10-20-17(24)9-11-23-16-7-5-4-6-15(16)22(3)18(25)19(23)26/h4-7H,8-11H2,1-3H3,(H,20,24). The van der Waals surface area contributed by atoms with Gasteiger partial charge in [0.1, 0.15) is 5.76 Å². The Balaban J connectivity index is 1.67. The molecule has 0 radical (unpaired) electrons. The molecule has 3 aromatic rings. The number of amides is 1. The summed E-state index contributed by atoms with van der Waals surface area (Å²) < 4.78 is 7.80. The summed E-state index contributed by atoms with van der Waals surface area (Å²) in [7, 11) is 1.57. The number of rotatable bonds is 6. The summed E-state index contributed by atoms with van der Waals surface area (Å²) in [6.07, 6.45) is 0.736. The van der Waals surface area contributed by atoms with Gasteiger partial charge < -0.3 is 19.0 Å². The zero-order valence-electron chi connectivity index (χ0n) is 15.6. The van der Waals surface area contributed by atoms with Crippen molar-refractivity contribution in [1.29, 1.82) is 0 Å². The van der Waals surface area contributed by atoms with E-state index in [0.717, 1.165) is 17.0 Å². The van der Waals surface area contributed by atoms with Crippen molar-refractivity contribution < 1.29 is 9.32 Å². The van der Waals surface area contributed by atoms with Gasteiger partial charge in [0.15, 0.2) is 0 Å². The van der Waals surface area contributed by atoms with E-state index in [2.05, 4.69) is 10.5 Å². The van der Waals surface area contributed by atoms with E-state index >= 15 is 0 Å². The van der Waals surface area contributed by atoms with Crippen LogP contribution in [0, 0.1) is 13.8 Å². The molecule has 1 aromatic carbocycles. The van der Waals surface area contributed by atoms with Gasteiger partial charge in [-0.3, -0.25) is 14.4 Å². The Morgan fingerprint density at radius 1 is 1.15 bits per heavy atom. The number of aryl methyl sites for hydroxylation is 4. The second-order valence-electron chi connectivity index (χ2n) is 6.46. The first-order valence-electron chi connectivity index (χ1n) is 8.77. The zero-order valence-corrected chi connectivity index (χ0v) is 15.6. The molecule has 0 saturated heterocycles. The van der Waals surface area contributed by atoms with Gasteiger partial charge in [0, 0.05) is 32.1 Å². The number of fused-ring (bicyclic) bond motifs is 1. The molecule has 8 nitrogen and oxygen atoms in total. The van der Waals surface area contributed by atoms with E-state index in [0.29, 0.717) is 24.0 Å². The van der Waals surface area contributed by atoms with Crippen LogP contribution in [0.3, 0.4) is 0 Å². The Labute approximate surface area is 155 Å². The maximum absolute atomic E-state index is 12.3. The number of carbonyl (C=O) groups excluding carboxylic acids is 1. The van der Waals surface area contributed by atoms with Gasteiger partial charge in [-0.05, 0) is 32.4 Å². The minimum atomic E-state index is -0.625. The number of hydrogen-bond acceptors (Lipinski definition) is 5. The topological polar surface area (TPSA) is 99.1 Å². The third-order valence-electron chi connectivity index (χ3n) is 4.71. The molecule has 0 bridgehead atoms. The lowest BCUT2D eigenvalue weighted by molar-refractivity contribution is -0.121. The molecule has 1 N–H and O–H groups in total. The van der Waals surface area contributed by atoms with Gasteiger partial charge >= 0.3 is 11.1 Å². The summed E-state index contributed by atoms with van der Waals surface area (Å²) in [6, 6.07) is 7.15. The summed E-state index contributed by atoms with van der Waals surface area (Å²) in [6.45, 7) is 4.30. The van der Waals surface area contributed by atoms with Crippen molar-refractivity contribution in [3.8, 4) is 0 Å². The first kappa shape index (κ1) is 18.6. The minimum Gasteiger partial charge on any atom is -0.361 e. The van der Waals surface area contributed by atoms with Crippen LogP contribution in [0.5, 0.6) is 0 Å².